The average molecular weight is 613 g/mol. The molecule has 0 atom stereocenters. The monoisotopic (exact) mass is 612 g/mol. The van der Waals surface area contributed by atoms with Gasteiger partial charge in [-0.25, -0.2) is 4.98 Å². The van der Waals surface area contributed by atoms with Crippen molar-refractivity contribution < 1.29 is 18.8 Å². The van der Waals surface area contributed by atoms with Crippen LogP contribution in [0.3, 0.4) is 0 Å². The van der Waals surface area contributed by atoms with Crippen molar-refractivity contribution in [3.05, 3.63) is 96.4 Å². The van der Waals surface area contributed by atoms with E-state index in [1.807, 2.05) is 22.9 Å². The number of rotatable bonds is 3. The predicted octanol–water partition coefficient (Wildman–Crippen LogP) is 8.68. The molecule has 7 nitrogen and oxygen atoms in total. The van der Waals surface area contributed by atoms with Crippen LogP contribution in [-0.2, 0) is 16.6 Å². The zero-order valence-corrected chi connectivity index (χ0v) is 28.0. The van der Waals surface area contributed by atoms with Crippen LogP contribution in [0.2, 0.25) is 0 Å². The summed E-state index contributed by atoms with van der Waals surface area (Å²) in [7, 11) is 0. The maximum atomic E-state index is 6.61. The Kier molecular flexibility index (Phi) is 5.71. The second-order valence-corrected chi connectivity index (χ2v) is 15.1. The van der Waals surface area contributed by atoms with Crippen LogP contribution in [0.1, 0.15) is 73.4 Å². The van der Waals surface area contributed by atoms with Crippen LogP contribution >= 0.6 is 0 Å². The first kappa shape index (κ1) is 28.7. The molecule has 0 saturated heterocycles. The van der Waals surface area contributed by atoms with E-state index in [0.29, 0.717) is 11.8 Å². The summed E-state index contributed by atoms with van der Waals surface area (Å²) in [6, 6.07) is 25.3. The quantitative estimate of drug-likeness (QED) is 0.148. The molecular weight excluding hydrogens is 572 g/mol. The van der Waals surface area contributed by atoms with Gasteiger partial charge in [0.05, 0.1) is 16.7 Å². The first-order valence-corrected chi connectivity index (χ1v) is 16.0. The number of para-hydroxylation sites is 1. The number of ether oxygens (including phenoxy) is 3. The van der Waals surface area contributed by atoms with E-state index in [9.17, 15) is 0 Å². The van der Waals surface area contributed by atoms with E-state index in [1.54, 1.807) is 0 Å². The van der Waals surface area contributed by atoms with Crippen LogP contribution in [0.25, 0.3) is 33.3 Å². The number of pyridine rings is 1. The molecule has 5 heterocycles. The molecule has 0 spiro atoms. The van der Waals surface area contributed by atoms with Crippen LogP contribution in [-0.4, -0.2) is 19.7 Å². The van der Waals surface area contributed by atoms with Crippen molar-refractivity contribution in [2.75, 3.05) is 0 Å². The molecule has 0 bridgehead atoms. The zero-order chi connectivity index (χ0) is 32.4. The Labute approximate surface area is 270 Å². The summed E-state index contributed by atoms with van der Waals surface area (Å²) < 4.78 is 25.9. The zero-order valence-electron chi connectivity index (χ0n) is 28.0. The lowest BCUT2D eigenvalue weighted by Gasteiger charge is -2.37. The lowest BCUT2D eigenvalue weighted by atomic mass is 9.87. The first-order chi connectivity index (χ1) is 21.7. The SMILES string of the molecule is CC(C)(C)c1ccnc(-n2c3ccccc3c3ccc(Oc4ccc5c(c4)-n4[c-][n+]6c(c4OC5(C)C)OC(C)(C)C6(C)C)cc32)c1. The van der Waals surface area contributed by atoms with E-state index >= 15 is 0 Å². The molecule has 0 saturated carbocycles. The number of hydrogen-bond donors (Lipinski definition) is 0. The summed E-state index contributed by atoms with van der Waals surface area (Å²) in [5.74, 6) is 3.72. The minimum absolute atomic E-state index is 0.00449. The van der Waals surface area contributed by atoms with Crippen molar-refractivity contribution in [3.8, 4) is 34.8 Å². The second kappa shape index (κ2) is 9.15. The van der Waals surface area contributed by atoms with Crippen LogP contribution in [0.4, 0.5) is 0 Å². The Morgan fingerprint density at radius 1 is 0.804 bits per heavy atom. The van der Waals surface area contributed by atoms with Crippen molar-refractivity contribution in [3.63, 3.8) is 0 Å². The summed E-state index contributed by atoms with van der Waals surface area (Å²) in [6.45, 7) is 19.4. The molecule has 7 heteroatoms. The van der Waals surface area contributed by atoms with Gasteiger partial charge in [-0.2, -0.15) is 0 Å². The normalized spacial score (nSPS) is 17.2. The number of nitrogens with zero attached hydrogens (tertiary/aromatic N) is 4. The van der Waals surface area contributed by atoms with Crippen molar-refractivity contribution in [1.29, 1.82) is 0 Å². The largest absolute Gasteiger partial charge is 0.497 e. The molecule has 0 unspecified atom stereocenters. The molecule has 0 fully saturated rings. The molecule has 0 radical (unpaired) electrons. The van der Waals surface area contributed by atoms with E-state index in [4.69, 9.17) is 19.2 Å². The summed E-state index contributed by atoms with van der Waals surface area (Å²) in [4.78, 5) is 4.82. The minimum Gasteiger partial charge on any atom is -0.497 e. The molecule has 3 aromatic carbocycles. The van der Waals surface area contributed by atoms with Crippen LogP contribution in [0.15, 0.2) is 79.0 Å². The molecule has 6 aromatic rings. The van der Waals surface area contributed by atoms with Gasteiger partial charge in [0, 0.05) is 23.0 Å². The van der Waals surface area contributed by atoms with Crippen molar-refractivity contribution in [1.82, 2.24) is 14.1 Å². The fourth-order valence-electron chi connectivity index (χ4n) is 6.71. The van der Waals surface area contributed by atoms with Crippen LogP contribution in [0, 0.1) is 6.33 Å². The van der Waals surface area contributed by atoms with E-state index in [0.717, 1.165) is 45.0 Å². The third-order valence-electron chi connectivity index (χ3n) is 10.1. The maximum absolute atomic E-state index is 6.61. The molecule has 3 aromatic heterocycles. The van der Waals surface area contributed by atoms with E-state index in [2.05, 4.69) is 138 Å². The van der Waals surface area contributed by atoms with Gasteiger partial charge in [0.2, 0.25) is 12.2 Å². The van der Waals surface area contributed by atoms with E-state index in [-0.39, 0.29) is 11.0 Å². The summed E-state index contributed by atoms with van der Waals surface area (Å²) >= 11 is 0. The van der Waals surface area contributed by atoms with E-state index in [1.165, 1.54) is 10.9 Å². The van der Waals surface area contributed by atoms with Gasteiger partial charge >= 0.3 is 0 Å². The van der Waals surface area contributed by atoms with Gasteiger partial charge in [-0.05, 0) is 101 Å². The maximum Gasteiger partial charge on any atom is 0.252 e. The van der Waals surface area contributed by atoms with Gasteiger partial charge in [-0.1, -0.05) is 45.0 Å². The smallest absolute Gasteiger partial charge is 0.252 e. The third kappa shape index (κ3) is 4.03. The number of imidazole rings is 1. The van der Waals surface area contributed by atoms with Crippen molar-refractivity contribution in [2.45, 2.75) is 84.5 Å². The molecule has 234 valence electrons. The van der Waals surface area contributed by atoms with Gasteiger partial charge in [0.25, 0.3) is 5.88 Å². The number of aromatic nitrogens is 4. The number of fused-ring (bicyclic) bond motifs is 8. The van der Waals surface area contributed by atoms with Gasteiger partial charge in [-0.15, -0.1) is 0 Å². The Morgan fingerprint density at radius 3 is 2.30 bits per heavy atom. The Balaban J connectivity index is 1.23. The van der Waals surface area contributed by atoms with Crippen molar-refractivity contribution >= 4 is 21.8 Å². The fraction of sp³-hybridized carbons (Fsp3) is 0.333. The van der Waals surface area contributed by atoms with Gasteiger partial charge < -0.3 is 14.2 Å². The Morgan fingerprint density at radius 2 is 1.52 bits per heavy atom. The molecule has 2 aliphatic heterocycles. The molecule has 0 N–H and O–H groups in total. The Bertz CT molecular complexity index is 2210. The lowest BCUT2D eigenvalue weighted by molar-refractivity contribution is -0.749. The molecule has 0 amide bonds. The molecule has 46 heavy (non-hydrogen) atoms. The highest BCUT2D eigenvalue weighted by Gasteiger charge is 2.53. The molecule has 0 aliphatic carbocycles. The summed E-state index contributed by atoms with van der Waals surface area (Å²) in [5, 5.41) is 2.33. The second-order valence-electron chi connectivity index (χ2n) is 15.1. The standard InChI is InChI=1S/C39H40N4O3/c1-36(2,3)24-18-19-40-33(20-24)43-30-13-11-10-12-27(30)28-16-14-25(21-31(28)43)44-26-15-17-29-32(22-26)41-23-42-35(34(41)45-37(29,4)5)46-39(8,9)38(42,6)7/h10-22H,1-9H3. The highest BCUT2D eigenvalue weighted by Crippen LogP contribution is 2.48. The van der Waals surface area contributed by atoms with Gasteiger partial charge in [0.1, 0.15) is 34.1 Å². The van der Waals surface area contributed by atoms with E-state index < -0.39 is 11.2 Å². The lowest BCUT2D eigenvalue weighted by Crippen LogP contribution is -2.58. The summed E-state index contributed by atoms with van der Waals surface area (Å²) in [6.07, 6.45) is 5.45. The molecule has 2 aliphatic rings. The van der Waals surface area contributed by atoms with Crippen LogP contribution in [0.5, 0.6) is 23.3 Å². The summed E-state index contributed by atoms with van der Waals surface area (Å²) in [5.41, 5.74) is 4.11. The Hall–Kier alpha value is -4.78. The number of benzene rings is 3. The highest BCUT2D eigenvalue weighted by atomic mass is 16.6. The molecule has 8 rings (SSSR count). The van der Waals surface area contributed by atoms with Gasteiger partial charge in [-0.3, -0.25) is 13.7 Å². The van der Waals surface area contributed by atoms with Crippen LogP contribution < -0.4 is 18.8 Å². The fourth-order valence-corrected chi connectivity index (χ4v) is 6.71. The highest BCUT2D eigenvalue weighted by molar-refractivity contribution is 6.09. The number of hydrogen-bond acceptors (Lipinski definition) is 4. The predicted molar refractivity (Wildman–Crippen MR) is 180 cm³/mol. The third-order valence-corrected chi connectivity index (χ3v) is 10.1. The topological polar surface area (TPSA) is 54.3 Å². The van der Waals surface area contributed by atoms with Gasteiger partial charge in [0.15, 0.2) is 0 Å². The molecular formula is C39H40N4O3. The average Bonchev–Trinajstić information content (AvgIpc) is 3.57. The minimum atomic E-state index is -0.570. The first-order valence-electron chi connectivity index (χ1n) is 16.0. The van der Waals surface area contributed by atoms with Crippen molar-refractivity contribution in [2.24, 2.45) is 0 Å².